The lowest BCUT2D eigenvalue weighted by molar-refractivity contribution is -0.166. The lowest BCUT2D eigenvalue weighted by atomic mass is 10.1. The Balaban J connectivity index is 2.90. The largest absolute Gasteiger partial charge is 0.460 e. The quantitative estimate of drug-likeness (QED) is 0.748. The van der Waals surface area contributed by atoms with E-state index in [1.54, 1.807) is 0 Å². The molecule has 0 spiro atoms. The summed E-state index contributed by atoms with van der Waals surface area (Å²) in [5, 5.41) is 0. The van der Waals surface area contributed by atoms with E-state index >= 15 is 0 Å². The standard InChI is InChI=1S/C11H10F6O/c1-2-7-8(13)3-6(12)4-9(7)18-10(14)5-11(15,16)17/h3-4,10H,2,5H2,1H3. The molecule has 0 saturated heterocycles. The Kier molecular flexibility index (Phi) is 4.48. The molecule has 1 nitrogen and oxygen atoms in total. The zero-order valence-corrected chi connectivity index (χ0v) is 9.32. The molecule has 7 heteroatoms. The van der Waals surface area contributed by atoms with Crippen molar-refractivity contribution in [2.75, 3.05) is 0 Å². The van der Waals surface area contributed by atoms with Crippen LogP contribution in [0.1, 0.15) is 18.9 Å². The van der Waals surface area contributed by atoms with E-state index in [4.69, 9.17) is 0 Å². The van der Waals surface area contributed by atoms with Crippen LogP contribution in [0.2, 0.25) is 0 Å². The van der Waals surface area contributed by atoms with Crippen molar-refractivity contribution < 1.29 is 31.1 Å². The van der Waals surface area contributed by atoms with Crippen molar-refractivity contribution in [3.8, 4) is 5.75 Å². The molecule has 0 amide bonds. The Bertz CT molecular complexity index is 415. The first-order valence-electron chi connectivity index (χ1n) is 5.08. The van der Waals surface area contributed by atoms with Crippen LogP contribution in [0.3, 0.4) is 0 Å². The molecule has 0 heterocycles. The second-order valence-corrected chi connectivity index (χ2v) is 3.57. The molecule has 0 saturated carbocycles. The molecule has 0 radical (unpaired) electrons. The van der Waals surface area contributed by atoms with Crippen LogP contribution in [-0.2, 0) is 6.42 Å². The molecule has 0 fully saturated rings. The molecule has 0 N–H and O–H groups in total. The lowest BCUT2D eigenvalue weighted by Crippen LogP contribution is -2.21. The average Bonchev–Trinajstić information content (AvgIpc) is 2.13. The summed E-state index contributed by atoms with van der Waals surface area (Å²) in [5.41, 5.74) is -0.166. The number of benzene rings is 1. The molecule has 1 rings (SSSR count). The molecule has 102 valence electrons. The molecule has 1 aromatic rings. The normalized spacial score (nSPS) is 13.5. The van der Waals surface area contributed by atoms with Crippen molar-refractivity contribution in [3.63, 3.8) is 0 Å². The van der Waals surface area contributed by atoms with Crippen LogP contribution in [0.25, 0.3) is 0 Å². The van der Waals surface area contributed by atoms with Crippen LogP contribution in [0.4, 0.5) is 26.3 Å². The summed E-state index contributed by atoms with van der Waals surface area (Å²) in [5.74, 6) is -2.57. The Morgan fingerprint density at radius 2 is 1.83 bits per heavy atom. The van der Waals surface area contributed by atoms with Gasteiger partial charge in [-0.2, -0.15) is 13.2 Å². The molecule has 1 aromatic carbocycles. The summed E-state index contributed by atoms with van der Waals surface area (Å²) < 4.78 is 79.0. The zero-order chi connectivity index (χ0) is 13.9. The Hall–Kier alpha value is -1.40. The van der Waals surface area contributed by atoms with Gasteiger partial charge in [0.05, 0.1) is 0 Å². The van der Waals surface area contributed by atoms with Gasteiger partial charge in [0.2, 0.25) is 6.36 Å². The first-order chi connectivity index (χ1) is 8.23. The molecule has 0 bridgehead atoms. The summed E-state index contributed by atoms with van der Waals surface area (Å²) >= 11 is 0. The van der Waals surface area contributed by atoms with Gasteiger partial charge in [-0.3, -0.25) is 0 Å². The molecule has 18 heavy (non-hydrogen) atoms. The fourth-order valence-corrected chi connectivity index (χ4v) is 1.39. The summed E-state index contributed by atoms with van der Waals surface area (Å²) in [6.07, 6.45) is -9.25. The monoisotopic (exact) mass is 272 g/mol. The summed E-state index contributed by atoms with van der Waals surface area (Å²) in [7, 11) is 0. The molecule has 0 aromatic heterocycles. The van der Waals surface area contributed by atoms with Crippen molar-refractivity contribution in [2.24, 2.45) is 0 Å². The van der Waals surface area contributed by atoms with Gasteiger partial charge in [-0.25, -0.2) is 13.2 Å². The van der Waals surface area contributed by atoms with Gasteiger partial charge in [-0.05, 0) is 6.42 Å². The minimum atomic E-state index is -4.75. The molecule has 0 aliphatic carbocycles. The van der Waals surface area contributed by atoms with Gasteiger partial charge in [0, 0.05) is 17.7 Å². The molecular weight excluding hydrogens is 262 g/mol. The van der Waals surface area contributed by atoms with Crippen LogP contribution >= 0.6 is 0 Å². The van der Waals surface area contributed by atoms with Crippen LogP contribution < -0.4 is 4.74 Å². The van der Waals surface area contributed by atoms with Crippen LogP contribution in [0, 0.1) is 11.6 Å². The van der Waals surface area contributed by atoms with Gasteiger partial charge in [0.1, 0.15) is 23.8 Å². The minimum Gasteiger partial charge on any atom is -0.460 e. The van der Waals surface area contributed by atoms with E-state index < -0.39 is 36.3 Å². The SMILES string of the molecule is CCc1c(F)cc(F)cc1OC(F)CC(F)(F)F. The fraction of sp³-hybridized carbons (Fsp3) is 0.455. The highest BCUT2D eigenvalue weighted by Gasteiger charge is 2.33. The van der Waals surface area contributed by atoms with Gasteiger partial charge in [0.15, 0.2) is 0 Å². The number of ether oxygens (including phenoxy) is 1. The van der Waals surface area contributed by atoms with Gasteiger partial charge in [-0.1, -0.05) is 6.92 Å². The third kappa shape index (κ3) is 4.12. The third-order valence-corrected chi connectivity index (χ3v) is 2.12. The number of hydrogen-bond donors (Lipinski definition) is 0. The van der Waals surface area contributed by atoms with Crippen LogP contribution in [-0.4, -0.2) is 12.5 Å². The second kappa shape index (κ2) is 5.49. The third-order valence-electron chi connectivity index (χ3n) is 2.12. The van der Waals surface area contributed by atoms with E-state index in [0.29, 0.717) is 12.1 Å². The molecule has 1 unspecified atom stereocenters. The average molecular weight is 272 g/mol. The maximum Gasteiger partial charge on any atom is 0.395 e. The Morgan fingerprint density at radius 3 is 2.33 bits per heavy atom. The van der Waals surface area contributed by atoms with E-state index in [-0.39, 0.29) is 12.0 Å². The van der Waals surface area contributed by atoms with Crippen molar-refractivity contribution in [1.82, 2.24) is 0 Å². The highest BCUT2D eigenvalue weighted by Crippen LogP contribution is 2.29. The summed E-state index contributed by atoms with van der Waals surface area (Å²) in [6, 6.07) is 1.22. The van der Waals surface area contributed by atoms with Crippen LogP contribution in [0.15, 0.2) is 12.1 Å². The van der Waals surface area contributed by atoms with Crippen molar-refractivity contribution >= 4 is 0 Å². The first kappa shape index (κ1) is 14.7. The topological polar surface area (TPSA) is 9.23 Å². The van der Waals surface area contributed by atoms with Gasteiger partial charge in [0.25, 0.3) is 0 Å². The minimum absolute atomic E-state index is 0.0418. The fourth-order valence-electron chi connectivity index (χ4n) is 1.39. The maximum absolute atomic E-state index is 13.2. The van der Waals surface area contributed by atoms with E-state index in [1.807, 2.05) is 0 Å². The Morgan fingerprint density at radius 1 is 1.22 bits per heavy atom. The summed E-state index contributed by atoms with van der Waals surface area (Å²) in [6.45, 7) is 1.49. The first-order valence-corrected chi connectivity index (χ1v) is 5.08. The van der Waals surface area contributed by atoms with Crippen molar-refractivity contribution in [3.05, 3.63) is 29.3 Å². The second-order valence-electron chi connectivity index (χ2n) is 3.57. The molecule has 1 atom stereocenters. The predicted molar refractivity (Wildman–Crippen MR) is 51.9 cm³/mol. The molecule has 0 aliphatic heterocycles. The van der Waals surface area contributed by atoms with Crippen molar-refractivity contribution in [1.29, 1.82) is 0 Å². The van der Waals surface area contributed by atoms with Gasteiger partial charge >= 0.3 is 6.18 Å². The smallest absolute Gasteiger partial charge is 0.395 e. The van der Waals surface area contributed by atoms with E-state index in [0.717, 1.165) is 0 Å². The molecular formula is C11H10F6O. The number of rotatable bonds is 4. The van der Waals surface area contributed by atoms with Gasteiger partial charge < -0.3 is 4.74 Å². The molecule has 0 aliphatic rings. The number of halogens is 6. The summed E-state index contributed by atoms with van der Waals surface area (Å²) in [4.78, 5) is 0. The highest BCUT2D eigenvalue weighted by molar-refractivity contribution is 5.35. The van der Waals surface area contributed by atoms with E-state index in [2.05, 4.69) is 4.74 Å². The zero-order valence-electron chi connectivity index (χ0n) is 9.32. The predicted octanol–water partition coefficient (Wildman–Crippen LogP) is 4.15. The number of hydrogen-bond acceptors (Lipinski definition) is 1. The van der Waals surface area contributed by atoms with E-state index in [9.17, 15) is 26.3 Å². The maximum atomic E-state index is 13.2. The van der Waals surface area contributed by atoms with Crippen molar-refractivity contribution in [2.45, 2.75) is 32.3 Å². The number of alkyl halides is 4. The lowest BCUT2D eigenvalue weighted by Gasteiger charge is -2.16. The van der Waals surface area contributed by atoms with Crippen LogP contribution in [0.5, 0.6) is 5.75 Å². The Labute approximate surface area is 99.4 Å². The highest BCUT2D eigenvalue weighted by atomic mass is 19.4. The van der Waals surface area contributed by atoms with E-state index in [1.165, 1.54) is 6.92 Å². The van der Waals surface area contributed by atoms with Gasteiger partial charge in [-0.15, -0.1) is 0 Å².